The average molecular weight is 516 g/mol. The minimum Gasteiger partial charge on any atom is -0.382 e. The second kappa shape index (κ2) is 8.79. The topological polar surface area (TPSA) is 86.5 Å². The Balaban J connectivity index is 1.47. The van der Waals surface area contributed by atoms with E-state index in [4.69, 9.17) is 10.5 Å². The molecule has 6 rings (SSSR count). The Hall–Kier alpha value is -3.09. The first kappa shape index (κ1) is 23.3. The molecule has 12 heteroatoms. The highest BCUT2D eigenvalue weighted by Crippen LogP contribution is 2.40. The molecule has 0 saturated carbocycles. The van der Waals surface area contributed by atoms with E-state index >= 15 is 0 Å². The molecule has 3 aromatic heterocycles. The third kappa shape index (κ3) is 3.93. The third-order valence-electron chi connectivity index (χ3n) is 6.90. The van der Waals surface area contributed by atoms with Crippen molar-refractivity contribution < 1.29 is 17.9 Å². The van der Waals surface area contributed by atoms with Gasteiger partial charge in [-0.2, -0.15) is 35.1 Å². The van der Waals surface area contributed by atoms with Crippen LogP contribution in [0.2, 0.25) is 0 Å². The number of thioether (sulfide) groups is 1. The molecule has 5 heterocycles. The number of alkyl halides is 3. The van der Waals surface area contributed by atoms with Crippen LogP contribution >= 0.6 is 11.8 Å². The second-order valence-electron chi connectivity index (χ2n) is 9.04. The molecule has 2 fully saturated rings. The molecule has 2 saturated heterocycles. The number of nitrogens with zero attached hydrogens (tertiary/aromatic N) is 6. The lowest BCUT2D eigenvalue weighted by atomic mass is 9.84. The summed E-state index contributed by atoms with van der Waals surface area (Å²) in [6.45, 7) is 2.06. The Labute approximate surface area is 209 Å². The van der Waals surface area contributed by atoms with Crippen molar-refractivity contribution in [3.05, 3.63) is 54.5 Å². The van der Waals surface area contributed by atoms with E-state index in [0.29, 0.717) is 35.7 Å². The highest BCUT2D eigenvalue weighted by atomic mass is 32.2. The zero-order chi connectivity index (χ0) is 24.9. The Morgan fingerprint density at radius 2 is 1.86 bits per heavy atom. The van der Waals surface area contributed by atoms with Crippen molar-refractivity contribution >= 4 is 23.1 Å². The lowest BCUT2D eigenvalue weighted by Crippen LogP contribution is -2.61. The first-order chi connectivity index (χ1) is 17.4. The van der Waals surface area contributed by atoms with Crippen LogP contribution in [0.4, 0.5) is 19.0 Å². The zero-order valence-electron chi connectivity index (χ0n) is 19.3. The lowest BCUT2D eigenvalue weighted by Gasteiger charge is -2.51. The van der Waals surface area contributed by atoms with Gasteiger partial charge in [0.15, 0.2) is 5.82 Å². The number of ether oxygens (including phenoxy) is 1. The Kier molecular flexibility index (Phi) is 5.69. The largest absolute Gasteiger partial charge is 0.408 e. The van der Waals surface area contributed by atoms with Gasteiger partial charge in [0.25, 0.3) is 0 Å². The standard InChI is InChI=1S/C24H24F3N7OS/c25-24(26,27)12-33-19(4-5-30-33)18-11-20(34-21(18)22(28)29-15-31-34)16-2-1-3-17(10-16)23(13-35-14-23)32-6-8-36-9-7-32/h1-5,10-11,15H,6-9,12-14H2,(H2,28,29,31). The van der Waals surface area contributed by atoms with Gasteiger partial charge in [-0.05, 0) is 23.8 Å². The summed E-state index contributed by atoms with van der Waals surface area (Å²) in [5.74, 6) is 2.36. The summed E-state index contributed by atoms with van der Waals surface area (Å²) in [4.78, 5) is 6.60. The molecule has 0 amide bonds. The molecule has 0 aliphatic carbocycles. The number of hydrogen-bond acceptors (Lipinski definition) is 7. The number of rotatable bonds is 5. The number of aromatic nitrogens is 5. The lowest BCUT2D eigenvalue weighted by molar-refractivity contribution is -0.144. The van der Waals surface area contributed by atoms with Crippen LogP contribution < -0.4 is 5.73 Å². The highest BCUT2D eigenvalue weighted by Gasteiger charge is 2.46. The number of nitrogens with two attached hydrogens (primary N) is 1. The SMILES string of the molecule is Nc1ncnn2c(-c3cccc(C4(N5CCSCC5)COC4)c3)cc(-c3ccnn3CC(F)(F)F)c12. The van der Waals surface area contributed by atoms with Crippen LogP contribution in [0.25, 0.3) is 28.0 Å². The van der Waals surface area contributed by atoms with Crippen LogP contribution in [-0.2, 0) is 16.8 Å². The normalized spacial score (nSPS) is 18.4. The van der Waals surface area contributed by atoms with Gasteiger partial charge in [0.1, 0.15) is 18.4 Å². The molecule has 2 N–H and O–H groups in total. The number of benzene rings is 1. The van der Waals surface area contributed by atoms with E-state index in [9.17, 15) is 13.2 Å². The maximum Gasteiger partial charge on any atom is 0.408 e. The van der Waals surface area contributed by atoms with Gasteiger partial charge in [0, 0.05) is 41.9 Å². The minimum absolute atomic E-state index is 0.174. The smallest absolute Gasteiger partial charge is 0.382 e. The van der Waals surface area contributed by atoms with Gasteiger partial charge in [0.05, 0.1) is 30.1 Å². The minimum atomic E-state index is -4.42. The summed E-state index contributed by atoms with van der Waals surface area (Å²) in [5, 5.41) is 8.30. The molecule has 0 atom stereocenters. The van der Waals surface area contributed by atoms with Crippen LogP contribution in [-0.4, -0.2) is 73.3 Å². The van der Waals surface area contributed by atoms with E-state index in [0.717, 1.165) is 40.4 Å². The number of nitrogen functional groups attached to an aromatic ring is 1. The van der Waals surface area contributed by atoms with E-state index in [2.05, 4.69) is 32.2 Å². The predicted octanol–water partition coefficient (Wildman–Crippen LogP) is 3.68. The molecular weight excluding hydrogens is 491 g/mol. The van der Waals surface area contributed by atoms with Crippen molar-refractivity contribution in [2.45, 2.75) is 18.3 Å². The van der Waals surface area contributed by atoms with Crippen LogP contribution in [0.1, 0.15) is 5.56 Å². The van der Waals surface area contributed by atoms with E-state index in [1.807, 2.05) is 30.0 Å². The molecule has 4 aromatic rings. The quantitative estimate of drug-likeness (QED) is 0.434. The van der Waals surface area contributed by atoms with Crippen molar-refractivity contribution in [3.8, 4) is 22.5 Å². The maximum absolute atomic E-state index is 13.2. The number of halogens is 3. The molecule has 188 valence electrons. The molecule has 2 aliphatic rings. The molecule has 1 aromatic carbocycles. The van der Waals surface area contributed by atoms with Crippen LogP contribution in [0.3, 0.4) is 0 Å². The summed E-state index contributed by atoms with van der Waals surface area (Å²) >= 11 is 1.96. The van der Waals surface area contributed by atoms with Crippen molar-refractivity contribution in [1.29, 1.82) is 0 Å². The van der Waals surface area contributed by atoms with Crippen molar-refractivity contribution in [2.24, 2.45) is 0 Å². The predicted molar refractivity (Wildman–Crippen MR) is 132 cm³/mol. The molecule has 8 nitrogen and oxygen atoms in total. The van der Waals surface area contributed by atoms with Crippen LogP contribution in [0.5, 0.6) is 0 Å². The number of hydrogen-bond donors (Lipinski definition) is 1. The number of fused-ring (bicyclic) bond motifs is 1. The van der Waals surface area contributed by atoms with Crippen LogP contribution in [0.15, 0.2) is 48.9 Å². The van der Waals surface area contributed by atoms with Crippen molar-refractivity contribution in [2.75, 3.05) is 43.5 Å². The zero-order valence-corrected chi connectivity index (χ0v) is 20.1. The number of anilines is 1. The average Bonchev–Trinajstić information content (AvgIpc) is 3.43. The summed E-state index contributed by atoms with van der Waals surface area (Å²) in [6, 6.07) is 11.6. The molecule has 0 radical (unpaired) electrons. The van der Waals surface area contributed by atoms with Crippen molar-refractivity contribution in [1.82, 2.24) is 29.3 Å². The Bertz CT molecular complexity index is 1410. The van der Waals surface area contributed by atoms with Crippen molar-refractivity contribution in [3.63, 3.8) is 0 Å². The molecular formula is C24H24F3N7OS. The van der Waals surface area contributed by atoms with E-state index in [1.165, 1.54) is 12.5 Å². The molecule has 2 aliphatic heterocycles. The Morgan fingerprint density at radius 3 is 2.58 bits per heavy atom. The fraction of sp³-hybridized carbons (Fsp3) is 0.375. The fourth-order valence-electron chi connectivity index (χ4n) is 5.11. The van der Waals surface area contributed by atoms with Gasteiger partial charge in [-0.25, -0.2) is 9.50 Å². The summed E-state index contributed by atoms with van der Waals surface area (Å²) < 4.78 is 47.8. The van der Waals surface area contributed by atoms with E-state index in [-0.39, 0.29) is 11.4 Å². The summed E-state index contributed by atoms with van der Waals surface area (Å²) in [6.07, 6.45) is -1.72. The Morgan fingerprint density at radius 1 is 1.06 bits per heavy atom. The summed E-state index contributed by atoms with van der Waals surface area (Å²) in [7, 11) is 0. The molecule has 36 heavy (non-hydrogen) atoms. The summed E-state index contributed by atoms with van der Waals surface area (Å²) in [5.41, 5.74) is 10.0. The van der Waals surface area contributed by atoms with E-state index in [1.54, 1.807) is 10.6 Å². The second-order valence-corrected chi connectivity index (χ2v) is 10.3. The van der Waals surface area contributed by atoms with Gasteiger partial charge in [-0.3, -0.25) is 9.58 Å². The fourth-order valence-corrected chi connectivity index (χ4v) is 6.02. The highest BCUT2D eigenvalue weighted by molar-refractivity contribution is 7.99. The van der Waals surface area contributed by atoms with E-state index < -0.39 is 12.7 Å². The van der Waals surface area contributed by atoms with Gasteiger partial charge in [-0.15, -0.1) is 0 Å². The van der Waals surface area contributed by atoms with Gasteiger partial charge >= 0.3 is 6.18 Å². The van der Waals surface area contributed by atoms with Gasteiger partial charge in [0.2, 0.25) is 0 Å². The van der Waals surface area contributed by atoms with Gasteiger partial charge < -0.3 is 10.5 Å². The van der Waals surface area contributed by atoms with Gasteiger partial charge in [-0.1, -0.05) is 18.2 Å². The molecule has 0 bridgehead atoms. The van der Waals surface area contributed by atoms with Crippen LogP contribution in [0, 0.1) is 0 Å². The third-order valence-corrected chi connectivity index (χ3v) is 7.84. The maximum atomic E-state index is 13.2. The first-order valence-corrected chi connectivity index (χ1v) is 12.7. The monoisotopic (exact) mass is 515 g/mol. The molecule has 0 unspecified atom stereocenters. The first-order valence-electron chi connectivity index (χ1n) is 11.6. The molecule has 0 spiro atoms.